The van der Waals surface area contributed by atoms with Gasteiger partial charge in [0.25, 0.3) is 0 Å². The summed E-state index contributed by atoms with van der Waals surface area (Å²) in [5.74, 6) is 0.0790. The first-order chi connectivity index (χ1) is 34.8. The molecule has 0 fully saturated rings. The summed E-state index contributed by atoms with van der Waals surface area (Å²) in [6, 6.07) is 19.6. The fourth-order valence-electron chi connectivity index (χ4n) is 7.91. The third-order valence-corrected chi connectivity index (χ3v) is 13.0. The molecule has 0 spiro atoms. The van der Waals surface area contributed by atoms with E-state index in [1.54, 1.807) is 0 Å². The van der Waals surface area contributed by atoms with Crippen molar-refractivity contribution in [1.29, 1.82) is 0 Å². The van der Waals surface area contributed by atoms with Crippen molar-refractivity contribution in [3.63, 3.8) is 0 Å². The van der Waals surface area contributed by atoms with E-state index < -0.39 is 6.67 Å². The summed E-state index contributed by atoms with van der Waals surface area (Å²) >= 11 is 1.83. The molecule has 3 heterocycles. The van der Waals surface area contributed by atoms with E-state index in [9.17, 15) is 9.18 Å². The molecule has 2 aromatic carbocycles. The molecule has 71 heavy (non-hydrogen) atoms. The third-order valence-electron chi connectivity index (χ3n) is 11.8. The SMILES string of the molecule is CN1C(=Cc2cc[n+](CCC[N+](C)(C)CCCCCC(=O)NCCOCCOCCOCCOCCOCCOCCN3CC(COCCOCCOCCF)N=N3)c3ccccc23)Sc2ccccc21. The Labute approximate surface area is 425 Å². The second-order valence-corrected chi connectivity index (χ2v) is 19.0. The van der Waals surface area contributed by atoms with Gasteiger partial charge >= 0.3 is 0 Å². The van der Waals surface area contributed by atoms with Gasteiger partial charge in [0.2, 0.25) is 11.4 Å². The monoisotopic (exact) mass is 1020 g/mol. The van der Waals surface area contributed by atoms with Gasteiger partial charge in [-0.2, -0.15) is 9.68 Å². The highest BCUT2D eigenvalue weighted by atomic mass is 32.2. The standard InChI is InChI=1S/C52H81FN7O10S/c1-57-49-14-8-9-15-50(49)71-52(57)42-45-17-21-58(48-13-7-6-12-47(45)48)20-11-24-60(2,3)23-10-4-5-16-51(61)54-19-26-63-29-32-65-34-36-67-38-39-68-37-35-66-33-30-64-27-22-59-43-46(55-56-59)44-70-41-40-69-31-28-62-25-18-53/h6-9,12-15,17,21,42,46H,4-5,10-11,16,18-20,22-41,43-44H2,1-3H3/q+1/p+1. The van der Waals surface area contributed by atoms with Gasteiger partial charge in [-0.1, -0.05) is 41.3 Å². The molecule has 0 aliphatic carbocycles. The molecule has 17 nitrogen and oxygen atoms in total. The van der Waals surface area contributed by atoms with Gasteiger partial charge in [-0.05, 0) is 49.1 Å². The summed E-state index contributed by atoms with van der Waals surface area (Å²) in [6.45, 7) is 12.6. The second-order valence-electron chi connectivity index (χ2n) is 17.9. The number of fused-ring (bicyclic) bond motifs is 2. The molecule has 3 aromatic rings. The quantitative estimate of drug-likeness (QED) is 0.0404. The van der Waals surface area contributed by atoms with Gasteiger partial charge in [0.05, 0.1) is 182 Å². The molecule has 0 bridgehead atoms. The predicted octanol–water partition coefficient (Wildman–Crippen LogP) is 5.98. The molecule has 1 atom stereocenters. The third kappa shape index (κ3) is 23.7. The van der Waals surface area contributed by atoms with Crippen molar-refractivity contribution in [2.45, 2.75) is 49.6 Å². The summed E-state index contributed by atoms with van der Waals surface area (Å²) in [4.78, 5) is 16.0. The summed E-state index contributed by atoms with van der Waals surface area (Å²) in [5, 5.41) is 15.8. The van der Waals surface area contributed by atoms with E-state index in [1.165, 1.54) is 32.1 Å². The maximum Gasteiger partial charge on any atom is 0.220 e. The molecule has 0 saturated carbocycles. The number of anilines is 1. The van der Waals surface area contributed by atoms with E-state index >= 15 is 0 Å². The minimum atomic E-state index is -0.483. The van der Waals surface area contributed by atoms with Gasteiger partial charge in [0.15, 0.2) is 12.7 Å². The van der Waals surface area contributed by atoms with Crippen LogP contribution in [0, 0.1) is 0 Å². The molecule has 0 saturated heterocycles. The van der Waals surface area contributed by atoms with Crippen LogP contribution < -0.4 is 14.8 Å². The van der Waals surface area contributed by atoms with Crippen molar-refractivity contribution in [2.75, 3.05) is 184 Å². The van der Waals surface area contributed by atoms with Gasteiger partial charge in [-0.3, -0.25) is 9.80 Å². The largest absolute Gasteiger partial charge is 0.377 e. The van der Waals surface area contributed by atoms with E-state index in [2.05, 4.69) is 113 Å². The first-order valence-electron chi connectivity index (χ1n) is 25.5. The first-order valence-corrected chi connectivity index (χ1v) is 26.3. The number of nitrogens with one attached hydrogen (secondary N) is 1. The van der Waals surface area contributed by atoms with Crippen molar-refractivity contribution >= 4 is 40.3 Å². The number of benzene rings is 2. The Bertz CT molecular complexity index is 1990. The van der Waals surface area contributed by atoms with Gasteiger partial charge in [-0.25, -0.2) is 4.39 Å². The number of halogens is 1. The van der Waals surface area contributed by atoms with Gasteiger partial charge in [-0.15, -0.1) is 0 Å². The Morgan fingerprint density at radius 1 is 0.732 bits per heavy atom. The lowest BCUT2D eigenvalue weighted by atomic mass is 10.1. The highest BCUT2D eigenvalue weighted by molar-refractivity contribution is 8.03. The Morgan fingerprint density at radius 3 is 2.00 bits per heavy atom. The number of unbranched alkanes of at least 4 members (excludes halogenated alkanes) is 2. The van der Waals surface area contributed by atoms with Crippen LogP contribution in [0.15, 0.2) is 81.1 Å². The van der Waals surface area contributed by atoms with Crippen LogP contribution in [0.1, 0.15) is 37.7 Å². The molecule has 1 unspecified atom stereocenters. The zero-order chi connectivity index (χ0) is 50.0. The molecule has 0 radical (unpaired) electrons. The number of aromatic nitrogens is 1. The van der Waals surface area contributed by atoms with Crippen LogP contribution in [0.4, 0.5) is 10.1 Å². The molecule has 2 aliphatic heterocycles. The topological polar surface area (TPSA) is 147 Å². The summed E-state index contributed by atoms with van der Waals surface area (Å²) in [7, 11) is 6.78. The first kappa shape index (κ1) is 58.0. The zero-order valence-electron chi connectivity index (χ0n) is 42.7. The fourth-order valence-corrected chi connectivity index (χ4v) is 9.02. The minimum Gasteiger partial charge on any atom is -0.377 e. The number of aryl methyl sites for hydroxylation is 1. The molecule has 1 amide bonds. The smallest absolute Gasteiger partial charge is 0.220 e. The minimum absolute atomic E-state index is 0.00156. The fraction of sp³-hybridized carbons (Fsp3) is 0.654. The van der Waals surface area contributed by atoms with Crippen LogP contribution in [-0.2, 0) is 54.0 Å². The molecule has 2 aliphatic rings. The number of pyridine rings is 1. The average Bonchev–Trinajstić information content (AvgIpc) is 3.96. The van der Waals surface area contributed by atoms with Crippen LogP contribution in [-0.4, -0.2) is 201 Å². The summed E-state index contributed by atoms with van der Waals surface area (Å²) in [5.41, 5.74) is 3.76. The summed E-state index contributed by atoms with van der Waals surface area (Å²) < 4.78 is 64.8. The molecule has 396 valence electrons. The van der Waals surface area contributed by atoms with Crippen molar-refractivity contribution in [2.24, 2.45) is 10.3 Å². The van der Waals surface area contributed by atoms with Crippen molar-refractivity contribution < 1.29 is 60.9 Å². The lowest BCUT2D eigenvalue weighted by Gasteiger charge is -2.29. The molecular weight excluding hydrogens is 934 g/mol. The Balaban J connectivity index is 0.737. The molecule has 5 rings (SSSR count). The number of amides is 1. The van der Waals surface area contributed by atoms with E-state index in [0.717, 1.165) is 49.8 Å². The number of ether oxygens (including phenoxy) is 9. The zero-order valence-corrected chi connectivity index (χ0v) is 43.5. The number of hydrogen-bond donors (Lipinski definition) is 1. The lowest BCUT2D eigenvalue weighted by Crippen LogP contribution is -2.44. The Morgan fingerprint density at radius 2 is 1.32 bits per heavy atom. The van der Waals surface area contributed by atoms with Crippen LogP contribution in [0.3, 0.4) is 0 Å². The normalized spacial score (nSPS) is 15.2. The summed E-state index contributed by atoms with van der Waals surface area (Å²) in [6.07, 6.45) is 9.22. The highest BCUT2D eigenvalue weighted by Crippen LogP contribution is 2.45. The van der Waals surface area contributed by atoms with Gasteiger partial charge < -0.3 is 57.3 Å². The number of rotatable bonds is 42. The highest BCUT2D eigenvalue weighted by Gasteiger charge is 2.23. The molecular formula is C52H82FN7O10S+2. The maximum atomic E-state index is 12.4. The molecule has 1 N–H and O–H groups in total. The maximum absolute atomic E-state index is 12.4. The molecule has 1 aromatic heterocycles. The number of thioether (sulfide) groups is 1. The van der Waals surface area contributed by atoms with E-state index in [4.69, 9.17) is 42.6 Å². The van der Waals surface area contributed by atoms with Crippen molar-refractivity contribution in [3.8, 4) is 0 Å². The van der Waals surface area contributed by atoms with E-state index in [0.29, 0.717) is 138 Å². The number of carbonyl (C=O) groups is 1. The van der Waals surface area contributed by atoms with Crippen molar-refractivity contribution in [1.82, 2.24) is 10.3 Å². The molecule has 19 heteroatoms. The van der Waals surface area contributed by atoms with Crippen LogP contribution in [0.2, 0.25) is 0 Å². The average molecular weight is 1020 g/mol. The second kappa shape index (κ2) is 35.3. The van der Waals surface area contributed by atoms with Crippen molar-refractivity contribution in [3.05, 3.63) is 71.4 Å². The van der Waals surface area contributed by atoms with Crippen LogP contribution >= 0.6 is 11.8 Å². The number of hydrogen-bond acceptors (Lipinski definition) is 15. The number of quaternary nitrogens is 1. The lowest BCUT2D eigenvalue weighted by molar-refractivity contribution is -0.892. The number of para-hydroxylation sites is 2. The Hall–Kier alpha value is -3.86. The van der Waals surface area contributed by atoms with Gasteiger partial charge in [0, 0.05) is 37.0 Å². The van der Waals surface area contributed by atoms with Crippen LogP contribution in [0.25, 0.3) is 17.0 Å². The number of carbonyl (C=O) groups excluding carboxylic acids is 1. The van der Waals surface area contributed by atoms with Crippen LogP contribution in [0.5, 0.6) is 0 Å². The predicted molar refractivity (Wildman–Crippen MR) is 274 cm³/mol. The van der Waals surface area contributed by atoms with E-state index in [-0.39, 0.29) is 18.6 Å². The number of alkyl halides is 1. The van der Waals surface area contributed by atoms with Gasteiger partial charge in [0.1, 0.15) is 12.7 Å². The Kier molecular flexibility index (Phi) is 28.9. The van der Waals surface area contributed by atoms with E-state index in [1.807, 2.05) is 16.8 Å². The number of nitrogens with zero attached hydrogens (tertiary/aromatic N) is 6.